The number of hydrogen-bond acceptors (Lipinski definition) is 7. The van der Waals surface area contributed by atoms with Crippen LogP contribution < -0.4 is 15.6 Å². The molecule has 10 heteroatoms. The van der Waals surface area contributed by atoms with E-state index in [1.807, 2.05) is 36.9 Å². The number of piperidine rings is 1. The summed E-state index contributed by atoms with van der Waals surface area (Å²) >= 11 is 2.83. The molecule has 3 heterocycles. The molecule has 0 aliphatic carbocycles. The average Bonchev–Trinajstić information content (AvgIpc) is 3.56. The van der Waals surface area contributed by atoms with Crippen LogP contribution in [-0.2, 0) is 4.79 Å². The van der Waals surface area contributed by atoms with Crippen LogP contribution in [0.3, 0.4) is 0 Å². The third-order valence-electron chi connectivity index (χ3n) is 5.87. The second-order valence-corrected chi connectivity index (χ2v) is 9.85. The second kappa shape index (κ2) is 10.8. The highest BCUT2D eigenvalue weighted by molar-refractivity contribution is 7.10. The topological polar surface area (TPSA) is 101 Å². The molecule has 0 bridgehead atoms. The summed E-state index contributed by atoms with van der Waals surface area (Å²) in [5.41, 5.74) is 7.88. The third-order valence-corrected chi connectivity index (χ3v) is 7.56. The number of ether oxygens (including phenoxy) is 1. The summed E-state index contributed by atoms with van der Waals surface area (Å²) in [7, 11) is 0. The number of thiazole rings is 1. The normalized spacial score (nSPS) is 14.0. The standard InChI is InChI=1S/C24H26N4O4S2/c1-15-3-4-19(11-16(15)2)32-12-21(29)28-8-5-17(6-9-28)24-25-20(14-34-24)23(31)27-26-22(30)18-7-10-33-13-18/h3-4,7,10-11,13-14,17H,5-6,8-9,12H2,1-2H3,(H,26,30)(H,27,31). The number of benzene rings is 1. The van der Waals surface area contributed by atoms with Crippen LogP contribution in [0.1, 0.15) is 55.7 Å². The number of thiophene rings is 1. The summed E-state index contributed by atoms with van der Waals surface area (Å²) in [4.78, 5) is 43.2. The lowest BCUT2D eigenvalue weighted by Crippen LogP contribution is -2.41. The Hall–Kier alpha value is -3.24. The van der Waals surface area contributed by atoms with Gasteiger partial charge in [0.05, 0.1) is 10.6 Å². The second-order valence-electron chi connectivity index (χ2n) is 8.18. The molecule has 8 nitrogen and oxygen atoms in total. The fourth-order valence-electron chi connectivity index (χ4n) is 3.64. The largest absolute Gasteiger partial charge is 0.484 e. The Morgan fingerprint density at radius 2 is 1.82 bits per heavy atom. The Morgan fingerprint density at radius 1 is 1.06 bits per heavy atom. The molecule has 1 aliphatic rings. The van der Waals surface area contributed by atoms with Gasteiger partial charge < -0.3 is 9.64 Å². The van der Waals surface area contributed by atoms with E-state index in [0.717, 1.165) is 23.4 Å². The Morgan fingerprint density at radius 3 is 2.53 bits per heavy atom. The third kappa shape index (κ3) is 5.81. The van der Waals surface area contributed by atoms with E-state index in [1.54, 1.807) is 22.2 Å². The maximum Gasteiger partial charge on any atom is 0.289 e. The smallest absolute Gasteiger partial charge is 0.289 e. The number of hydrazine groups is 1. The highest BCUT2D eigenvalue weighted by atomic mass is 32.1. The SMILES string of the molecule is Cc1ccc(OCC(=O)N2CCC(c3nc(C(=O)NNC(=O)c4ccsc4)cs3)CC2)cc1C. The molecule has 1 fully saturated rings. The van der Waals surface area contributed by atoms with Crippen molar-refractivity contribution in [2.24, 2.45) is 0 Å². The van der Waals surface area contributed by atoms with Gasteiger partial charge in [0.1, 0.15) is 11.4 Å². The first-order valence-corrected chi connectivity index (χ1v) is 12.8. The van der Waals surface area contributed by atoms with Gasteiger partial charge in [0.2, 0.25) is 0 Å². The maximum absolute atomic E-state index is 12.6. The molecule has 0 saturated carbocycles. The number of nitrogens with zero attached hydrogens (tertiary/aromatic N) is 2. The van der Waals surface area contributed by atoms with E-state index in [1.165, 1.54) is 28.2 Å². The predicted molar refractivity (Wildman–Crippen MR) is 131 cm³/mol. The quantitative estimate of drug-likeness (QED) is 0.505. The number of amides is 3. The van der Waals surface area contributed by atoms with Crippen LogP contribution in [0.25, 0.3) is 0 Å². The minimum absolute atomic E-state index is 0.0197. The first-order valence-electron chi connectivity index (χ1n) is 11.0. The van der Waals surface area contributed by atoms with E-state index >= 15 is 0 Å². The van der Waals surface area contributed by atoms with E-state index in [-0.39, 0.29) is 30.0 Å². The Labute approximate surface area is 205 Å². The highest BCUT2D eigenvalue weighted by Gasteiger charge is 2.26. The molecule has 178 valence electrons. The lowest BCUT2D eigenvalue weighted by atomic mass is 9.97. The molecule has 1 aromatic carbocycles. The summed E-state index contributed by atoms with van der Waals surface area (Å²) in [5.74, 6) is 0.0334. The Bertz CT molecular complexity index is 1170. The van der Waals surface area contributed by atoms with Crippen molar-refractivity contribution in [3.63, 3.8) is 0 Å². The van der Waals surface area contributed by atoms with Crippen molar-refractivity contribution in [3.8, 4) is 5.75 Å². The van der Waals surface area contributed by atoms with Crippen LogP contribution in [0.4, 0.5) is 0 Å². The number of aryl methyl sites for hydroxylation is 2. The van der Waals surface area contributed by atoms with Crippen molar-refractivity contribution in [3.05, 3.63) is 67.8 Å². The van der Waals surface area contributed by atoms with Crippen molar-refractivity contribution < 1.29 is 19.1 Å². The van der Waals surface area contributed by atoms with E-state index in [0.29, 0.717) is 24.4 Å². The molecular weight excluding hydrogens is 472 g/mol. The lowest BCUT2D eigenvalue weighted by Gasteiger charge is -2.31. The molecule has 1 saturated heterocycles. The van der Waals surface area contributed by atoms with Crippen LogP contribution in [0.5, 0.6) is 5.75 Å². The van der Waals surface area contributed by atoms with Gasteiger partial charge >= 0.3 is 0 Å². The van der Waals surface area contributed by atoms with Gasteiger partial charge in [-0.1, -0.05) is 6.07 Å². The van der Waals surface area contributed by atoms with Gasteiger partial charge in [-0.2, -0.15) is 11.3 Å². The van der Waals surface area contributed by atoms with E-state index < -0.39 is 5.91 Å². The van der Waals surface area contributed by atoms with Gasteiger partial charge in [0.15, 0.2) is 6.61 Å². The van der Waals surface area contributed by atoms with Crippen LogP contribution in [-0.4, -0.2) is 47.3 Å². The van der Waals surface area contributed by atoms with Gasteiger partial charge in [-0.15, -0.1) is 11.3 Å². The number of aromatic nitrogens is 1. The molecule has 0 atom stereocenters. The number of hydrogen-bond donors (Lipinski definition) is 2. The van der Waals surface area contributed by atoms with Crippen molar-refractivity contribution in [1.82, 2.24) is 20.7 Å². The predicted octanol–water partition coefficient (Wildman–Crippen LogP) is 3.68. The van der Waals surface area contributed by atoms with Gasteiger partial charge in [-0.25, -0.2) is 4.98 Å². The molecular formula is C24H26N4O4S2. The van der Waals surface area contributed by atoms with Gasteiger partial charge in [-0.05, 0) is 61.4 Å². The molecule has 3 aromatic rings. The summed E-state index contributed by atoms with van der Waals surface area (Å²) < 4.78 is 5.69. The zero-order chi connectivity index (χ0) is 24.1. The minimum atomic E-state index is -0.456. The summed E-state index contributed by atoms with van der Waals surface area (Å²) in [6.07, 6.45) is 1.55. The van der Waals surface area contributed by atoms with Crippen LogP contribution in [0.15, 0.2) is 40.4 Å². The summed E-state index contributed by atoms with van der Waals surface area (Å²) in [6.45, 7) is 5.32. The number of likely N-dealkylation sites (tertiary alicyclic amines) is 1. The maximum atomic E-state index is 12.6. The van der Waals surface area contributed by atoms with E-state index in [2.05, 4.69) is 15.8 Å². The van der Waals surface area contributed by atoms with Gasteiger partial charge in [0, 0.05) is 29.8 Å². The van der Waals surface area contributed by atoms with Crippen molar-refractivity contribution in [1.29, 1.82) is 0 Å². The van der Waals surface area contributed by atoms with Crippen molar-refractivity contribution >= 4 is 40.4 Å². The summed E-state index contributed by atoms with van der Waals surface area (Å²) in [6, 6.07) is 7.49. The fraction of sp³-hybridized carbons (Fsp3) is 0.333. The first-order chi connectivity index (χ1) is 16.4. The lowest BCUT2D eigenvalue weighted by molar-refractivity contribution is -0.134. The van der Waals surface area contributed by atoms with Gasteiger partial charge in [-0.3, -0.25) is 25.2 Å². The zero-order valence-corrected chi connectivity index (χ0v) is 20.6. The average molecular weight is 499 g/mol. The molecule has 0 unspecified atom stereocenters. The van der Waals surface area contributed by atoms with Crippen molar-refractivity contribution in [2.75, 3.05) is 19.7 Å². The zero-order valence-electron chi connectivity index (χ0n) is 19.0. The molecule has 0 spiro atoms. The monoisotopic (exact) mass is 498 g/mol. The molecule has 1 aliphatic heterocycles. The summed E-state index contributed by atoms with van der Waals surface area (Å²) in [5, 5.41) is 6.05. The minimum Gasteiger partial charge on any atom is -0.484 e. The van der Waals surface area contributed by atoms with Crippen LogP contribution >= 0.6 is 22.7 Å². The van der Waals surface area contributed by atoms with Crippen molar-refractivity contribution in [2.45, 2.75) is 32.6 Å². The fourth-order valence-corrected chi connectivity index (χ4v) is 5.25. The Kier molecular flexibility index (Phi) is 7.59. The van der Waals surface area contributed by atoms with E-state index in [4.69, 9.17) is 4.74 Å². The first kappa shape index (κ1) is 23.9. The molecule has 4 rings (SSSR count). The number of nitrogens with one attached hydrogen (secondary N) is 2. The van der Waals surface area contributed by atoms with Crippen LogP contribution in [0, 0.1) is 13.8 Å². The molecule has 0 radical (unpaired) electrons. The number of carbonyl (C=O) groups is 3. The highest BCUT2D eigenvalue weighted by Crippen LogP contribution is 2.30. The Balaban J connectivity index is 1.23. The number of carbonyl (C=O) groups excluding carboxylic acids is 3. The molecule has 2 N–H and O–H groups in total. The molecule has 3 amide bonds. The molecule has 34 heavy (non-hydrogen) atoms. The number of rotatable bonds is 6. The van der Waals surface area contributed by atoms with Crippen LogP contribution in [0.2, 0.25) is 0 Å². The van der Waals surface area contributed by atoms with Gasteiger partial charge in [0.25, 0.3) is 17.7 Å². The van der Waals surface area contributed by atoms with E-state index in [9.17, 15) is 14.4 Å². The molecule has 2 aromatic heterocycles.